The van der Waals surface area contributed by atoms with E-state index in [9.17, 15) is 9.18 Å². The lowest BCUT2D eigenvalue weighted by molar-refractivity contribution is -0.116. The second kappa shape index (κ2) is 14.2. The highest BCUT2D eigenvalue weighted by Gasteiger charge is 2.13. The molecule has 0 bridgehead atoms. The first-order valence-electron chi connectivity index (χ1n) is 13.7. The maximum absolute atomic E-state index is 14.3. The number of nitrogens with one attached hydrogen (secondary N) is 1. The van der Waals surface area contributed by atoms with Crippen molar-refractivity contribution in [3.63, 3.8) is 0 Å². The van der Waals surface area contributed by atoms with Gasteiger partial charge in [0, 0.05) is 29.3 Å². The number of hydrogen-bond acceptors (Lipinski definition) is 7. The molecular formula is C31H36FN5O3. The molecule has 0 saturated carbocycles. The number of pyridine rings is 1. The molecule has 1 amide bonds. The van der Waals surface area contributed by atoms with E-state index in [-0.39, 0.29) is 11.8 Å². The van der Waals surface area contributed by atoms with Gasteiger partial charge in [-0.2, -0.15) is 0 Å². The highest BCUT2D eigenvalue weighted by Crippen LogP contribution is 2.33. The predicted octanol–water partition coefficient (Wildman–Crippen LogP) is 6.87. The van der Waals surface area contributed by atoms with Crippen molar-refractivity contribution >= 4 is 28.2 Å². The fourth-order valence-electron chi connectivity index (χ4n) is 4.55. The number of unbranched alkanes of at least 4 members (excludes halogenated alkanes) is 6. The fourth-order valence-corrected chi connectivity index (χ4v) is 4.55. The molecule has 0 aliphatic heterocycles. The number of para-hydroxylation sites is 2. The Balaban J connectivity index is 1.20. The van der Waals surface area contributed by atoms with Gasteiger partial charge in [-0.05, 0) is 55.7 Å². The number of amides is 1. The lowest BCUT2D eigenvalue weighted by Gasteiger charge is -2.13. The first-order valence-corrected chi connectivity index (χ1v) is 13.7. The van der Waals surface area contributed by atoms with Gasteiger partial charge in [-0.25, -0.2) is 19.3 Å². The number of nitrogens with two attached hydrogens (primary N) is 1. The first-order chi connectivity index (χ1) is 19.5. The number of nitrogen functional groups attached to an aromatic ring is 1. The van der Waals surface area contributed by atoms with Crippen molar-refractivity contribution in [2.45, 2.75) is 58.3 Å². The Bertz CT molecular complexity index is 1450. The third-order valence-corrected chi connectivity index (χ3v) is 6.78. The van der Waals surface area contributed by atoms with Crippen LogP contribution in [0.2, 0.25) is 0 Å². The topological polar surface area (TPSA) is 112 Å². The summed E-state index contributed by atoms with van der Waals surface area (Å²) in [7, 11) is 1.39. The number of anilines is 2. The predicted molar refractivity (Wildman–Crippen MR) is 156 cm³/mol. The molecule has 2 heterocycles. The van der Waals surface area contributed by atoms with Gasteiger partial charge >= 0.3 is 0 Å². The van der Waals surface area contributed by atoms with Crippen LogP contribution in [0.15, 0.2) is 55.0 Å². The minimum Gasteiger partial charge on any atom is -0.491 e. The summed E-state index contributed by atoms with van der Waals surface area (Å²) in [6.07, 6.45) is 10.8. The third-order valence-electron chi connectivity index (χ3n) is 6.78. The first kappa shape index (κ1) is 28.7. The van der Waals surface area contributed by atoms with Gasteiger partial charge < -0.3 is 20.5 Å². The van der Waals surface area contributed by atoms with Crippen LogP contribution in [0.1, 0.15) is 57.1 Å². The molecule has 0 radical (unpaired) electrons. The average molecular weight is 546 g/mol. The number of methoxy groups -OCH3 is 1. The molecule has 0 aliphatic carbocycles. The number of benzene rings is 2. The van der Waals surface area contributed by atoms with E-state index in [1.54, 1.807) is 12.3 Å². The molecule has 4 aromatic rings. The second-order valence-electron chi connectivity index (χ2n) is 9.75. The minimum absolute atomic E-state index is 0.000458. The molecule has 0 saturated heterocycles. The normalized spacial score (nSPS) is 11.0. The van der Waals surface area contributed by atoms with Crippen molar-refractivity contribution in [3.8, 4) is 22.8 Å². The molecule has 9 heteroatoms. The maximum atomic E-state index is 14.3. The molecule has 8 nitrogen and oxygen atoms in total. The monoisotopic (exact) mass is 545 g/mol. The van der Waals surface area contributed by atoms with Crippen LogP contribution in [-0.4, -0.2) is 34.6 Å². The number of carbonyl (C=O) groups is 1. The highest BCUT2D eigenvalue weighted by atomic mass is 19.1. The van der Waals surface area contributed by atoms with E-state index in [1.807, 2.05) is 37.3 Å². The molecule has 0 unspecified atom stereocenters. The number of nitrogens with zero attached hydrogens (tertiary/aromatic N) is 3. The zero-order chi connectivity index (χ0) is 28.3. The summed E-state index contributed by atoms with van der Waals surface area (Å²) in [6, 6.07) is 12.5. The van der Waals surface area contributed by atoms with Crippen LogP contribution < -0.4 is 20.5 Å². The van der Waals surface area contributed by atoms with E-state index in [1.165, 1.54) is 19.5 Å². The van der Waals surface area contributed by atoms with Gasteiger partial charge in [0.1, 0.15) is 17.6 Å². The minimum atomic E-state index is -0.524. The van der Waals surface area contributed by atoms with Gasteiger partial charge in [-0.1, -0.05) is 44.2 Å². The van der Waals surface area contributed by atoms with Crippen LogP contribution >= 0.6 is 0 Å². The molecule has 4 rings (SSSR count). The van der Waals surface area contributed by atoms with E-state index in [2.05, 4.69) is 20.3 Å². The molecule has 0 spiro atoms. The summed E-state index contributed by atoms with van der Waals surface area (Å²) in [6.45, 7) is 2.47. The standard InChI is InChI=1S/C31H36FN5O3/c1-21-24-16-22(23-17-25(32)31(39-2)34-19-23)18-28(30(24)36-20-35-21)40-15-11-7-5-3-4-6-8-14-29(38)37-27-13-10-9-12-26(27)33/h9-10,12-13,16-20H,3-8,11,14-15,33H2,1-2H3,(H,37,38). The Morgan fingerprint density at radius 3 is 2.45 bits per heavy atom. The molecule has 2 aromatic heterocycles. The number of rotatable bonds is 14. The lowest BCUT2D eigenvalue weighted by Crippen LogP contribution is -2.12. The molecule has 0 fully saturated rings. The molecule has 0 atom stereocenters. The number of aryl methyl sites for hydroxylation is 1. The third kappa shape index (κ3) is 7.65. The van der Waals surface area contributed by atoms with Crippen LogP contribution in [0.3, 0.4) is 0 Å². The van der Waals surface area contributed by atoms with Crippen LogP contribution in [-0.2, 0) is 4.79 Å². The fraction of sp³-hybridized carbons (Fsp3) is 0.355. The lowest BCUT2D eigenvalue weighted by atomic mass is 10.0. The SMILES string of the molecule is COc1ncc(-c2cc(OCCCCCCCCCC(=O)Nc3ccccc3N)c3ncnc(C)c3c2)cc1F. The van der Waals surface area contributed by atoms with Crippen molar-refractivity contribution < 1.29 is 18.7 Å². The second-order valence-corrected chi connectivity index (χ2v) is 9.75. The average Bonchev–Trinajstić information content (AvgIpc) is 2.95. The van der Waals surface area contributed by atoms with Crippen molar-refractivity contribution in [2.24, 2.45) is 0 Å². The molecular weight excluding hydrogens is 509 g/mol. The van der Waals surface area contributed by atoms with Gasteiger partial charge in [0.25, 0.3) is 0 Å². The summed E-state index contributed by atoms with van der Waals surface area (Å²) in [4.78, 5) is 24.9. The number of hydrogen-bond donors (Lipinski definition) is 2. The molecule has 40 heavy (non-hydrogen) atoms. The summed E-state index contributed by atoms with van der Waals surface area (Å²) >= 11 is 0. The van der Waals surface area contributed by atoms with Gasteiger partial charge in [0.2, 0.25) is 11.8 Å². The summed E-state index contributed by atoms with van der Waals surface area (Å²) in [5.41, 5.74) is 10.1. The summed E-state index contributed by atoms with van der Waals surface area (Å²) in [5.74, 6) is 0.0779. The Morgan fingerprint density at radius 2 is 1.70 bits per heavy atom. The van der Waals surface area contributed by atoms with Crippen molar-refractivity contribution in [1.82, 2.24) is 15.0 Å². The Morgan fingerprint density at radius 1 is 0.950 bits per heavy atom. The maximum Gasteiger partial charge on any atom is 0.250 e. The van der Waals surface area contributed by atoms with E-state index < -0.39 is 5.82 Å². The molecule has 2 aromatic carbocycles. The van der Waals surface area contributed by atoms with Crippen molar-refractivity contribution in [1.29, 1.82) is 0 Å². The summed E-state index contributed by atoms with van der Waals surface area (Å²) < 4.78 is 25.4. The number of carbonyl (C=O) groups excluding carboxylic acids is 1. The van der Waals surface area contributed by atoms with Crippen LogP contribution in [0.5, 0.6) is 11.6 Å². The summed E-state index contributed by atoms with van der Waals surface area (Å²) in [5, 5.41) is 3.73. The number of halogens is 1. The Labute approximate surface area is 234 Å². The Kier molecular flexibility index (Phi) is 10.2. The van der Waals surface area contributed by atoms with Crippen LogP contribution in [0, 0.1) is 12.7 Å². The molecule has 3 N–H and O–H groups in total. The molecule has 0 aliphatic rings. The van der Waals surface area contributed by atoms with Crippen LogP contribution in [0.4, 0.5) is 15.8 Å². The van der Waals surface area contributed by atoms with E-state index >= 15 is 0 Å². The van der Waals surface area contributed by atoms with Gasteiger partial charge in [0.15, 0.2) is 5.82 Å². The largest absolute Gasteiger partial charge is 0.491 e. The highest BCUT2D eigenvalue weighted by molar-refractivity contribution is 5.93. The van der Waals surface area contributed by atoms with Crippen molar-refractivity contribution in [3.05, 3.63) is 66.5 Å². The zero-order valence-corrected chi connectivity index (χ0v) is 23.1. The smallest absolute Gasteiger partial charge is 0.250 e. The van der Waals surface area contributed by atoms with E-state index in [0.717, 1.165) is 67.1 Å². The van der Waals surface area contributed by atoms with Crippen LogP contribution in [0.25, 0.3) is 22.0 Å². The zero-order valence-electron chi connectivity index (χ0n) is 23.1. The van der Waals surface area contributed by atoms with Crippen molar-refractivity contribution in [2.75, 3.05) is 24.8 Å². The van der Waals surface area contributed by atoms with E-state index in [4.69, 9.17) is 15.2 Å². The number of aromatic nitrogens is 3. The number of ether oxygens (including phenoxy) is 2. The van der Waals surface area contributed by atoms with Gasteiger partial charge in [-0.15, -0.1) is 0 Å². The quantitative estimate of drug-likeness (QED) is 0.131. The van der Waals surface area contributed by atoms with Gasteiger partial charge in [-0.3, -0.25) is 4.79 Å². The van der Waals surface area contributed by atoms with Gasteiger partial charge in [0.05, 0.1) is 25.1 Å². The Hall–Kier alpha value is -4.27. The molecule has 210 valence electrons. The van der Waals surface area contributed by atoms with E-state index in [0.29, 0.717) is 35.7 Å². The number of fused-ring (bicyclic) bond motifs is 1.